The van der Waals surface area contributed by atoms with Crippen LogP contribution >= 0.6 is 11.8 Å². The second-order valence-corrected chi connectivity index (χ2v) is 3.43. The Bertz CT molecular complexity index is 195. The largest absolute Gasteiger partial charge is 0.449 e. The third-order valence-electron chi connectivity index (χ3n) is 1.41. The van der Waals surface area contributed by atoms with Gasteiger partial charge in [0.2, 0.25) is 0 Å². The van der Waals surface area contributed by atoms with E-state index in [1.54, 1.807) is 0 Å². The lowest BCUT2D eigenvalue weighted by Crippen LogP contribution is -2.31. The Kier molecular flexibility index (Phi) is 3.40. The molecule has 2 amide bonds. The van der Waals surface area contributed by atoms with Crippen LogP contribution in [0.15, 0.2) is 0 Å². The molecule has 0 atom stereocenters. The van der Waals surface area contributed by atoms with Gasteiger partial charge in [0.25, 0.3) is 5.24 Å². The normalized spacial score (nSPS) is 16.8. The molecule has 0 radical (unpaired) electrons. The molecule has 5 heteroatoms. The lowest BCUT2D eigenvalue weighted by Gasteiger charge is -2.11. The van der Waals surface area contributed by atoms with Gasteiger partial charge in [0.1, 0.15) is 0 Å². The van der Waals surface area contributed by atoms with Gasteiger partial charge >= 0.3 is 6.09 Å². The van der Waals surface area contributed by atoms with Crippen molar-refractivity contribution in [2.24, 2.45) is 0 Å². The third-order valence-corrected chi connectivity index (χ3v) is 2.26. The molecule has 0 aromatic rings. The summed E-state index contributed by atoms with van der Waals surface area (Å²) >= 11 is 1.15. The smallest absolute Gasteiger partial charge is 0.417 e. The number of amides is 2. The van der Waals surface area contributed by atoms with Gasteiger partial charge in [0.05, 0.1) is 6.61 Å². The van der Waals surface area contributed by atoms with Crippen molar-refractivity contribution in [1.29, 1.82) is 0 Å². The Morgan fingerprint density at radius 1 is 1.75 bits per heavy atom. The Labute approximate surface area is 75.2 Å². The van der Waals surface area contributed by atoms with E-state index in [2.05, 4.69) is 0 Å². The molecule has 4 nitrogen and oxygen atoms in total. The fourth-order valence-corrected chi connectivity index (χ4v) is 1.60. The van der Waals surface area contributed by atoms with E-state index in [0.717, 1.165) is 23.1 Å². The van der Waals surface area contributed by atoms with Gasteiger partial charge in [-0.1, -0.05) is 18.7 Å². The predicted octanol–water partition coefficient (Wildman–Crippen LogP) is 1.70. The highest BCUT2D eigenvalue weighted by Gasteiger charge is 2.28. The monoisotopic (exact) mass is 189 g/mol. The summed E-state index contributed by atoms with van der Waals surface area (Å²) in [5, 5.41) is -0.198. The second-order valence-electron chi connectivity index (χ2n) is 2.38. The standard InChI is InChI=1S/C7H11NO3S/c1-2-4-11-6(9)8-3-5-12-7(8)10/h2-5H2,1H3. The molecule has 0 saturated carbocycles. The quantitative estimate of drug-likeness (QED) is 0.663. The van der Waals surface area contributed by atoms with E-state index in [0.29, 0.717) is 18.9 Å². The van der Waals surface area contributed by atoms with Crippen molar-refractivity contribution in [2.75, 3.05) is 18.9 Å². The van der Waals surface area contributed by atoms with Gasteiger partial charge in [-0.2, -0.15) is 0 Å². The van der Waals surface area contributed by atoms with E-state index in [-0.39, 0.29) is 5.24 Å². The number of nitrogens with zero attached hydrogens (tertiary/aromatic N) is 1. The Hall–Kier alpha value is -0.710. The number of carbonyl (C=O) groups is 2. The zero-order valence-corrected chi connectivity index (χ0v) is 7.73. The Morgan fingerprint density at radius 2 is 2.50 bits per heavy atom. The van der Waals surface area contributed by atoms with Crippen molar-refractivity contribution in [1.82, 2.24) is 4.90 Å². The highest BCUT2D eigenvalue weighted by Crippen LogP contribution is 2.17. The minimum Gasteiger partial charge on any atom is -0.449 e. The summed E-state index contributed by atoms with van der Waals surface area (Å²) in [5.41, 5.74) is 0. The van der Waals surface area contributed by atoms with Crippen LogP contribution in [0.3, 0.4) is 0 Å². The van der Waals surface area contributed by atoms with E-state index in [9.17, 15) is 9.59 Å². The number of thioether (sulfide) groups is 1. The maximum atomic E-state index is 11.1. The van der Waals surface area contributed by atoms with Crippen LogP contribution in [0.4, 0.5) is 9.59 Å². The van der Waals surface area contributed by atoms with Gasteiger partial charge in [-0.05, 0) is 6.42 Å². The number of hydrogen-bond donors (Lipinski definition) is 0. The molecule has 1 aliphatic rings. The Balaban J connectivity index is 2.36. The average molecular weight is 189 g/mol. The van der Waals surface area contributed by atoms with Gasteiger partial charge in [0, 0.05) is 12.3 Å². The molecular formula is C7H11NO3S. The fourth-order valence-electron chi connectivity index (χ4n) is 0.827. The van der Waals surface area contributed by atoms with E-state index >= 15 is 0 Å². The summed E-state index contributed by atoms with van der Waals surface area (Å²) in [7, 11) is 0. The lowest BCUT2D eigenvalue weighted by molar-refractivity contribution is 0.118. The van der Waals surface area contributed by atoms with E-state index in [1.807, 2.05) is 6.92 Å². The maximum absolute atomic E-state index is 11.1. The average Bonchev–Trinajstić information content (AvgIpc) is 2.47. The highest BCUT2D eigenvalue weighted by atomic mass is 32.2. The molecule has 0 spiro atoms. The van der Waals surface area contributed by atoms with Crippen LogP contribution in [0.1, 0.15) is 13.3 Å². The van der Waals surface area contributed by atoms with Crippen LogP contribution in [0.5, 0.6) is 0 Å². The highest BCUT2D eigenvalue weighted by molar-refractivity contribution is 8.13. The molecule has 1 aliphatic heterocycles. The lowest BCUT2D eigenvalue weighted by atomic mass is 10.5. The van der Waals surface area contributed by atoms with Crippen LogP contribution in [0.25, 0.3) is 0 Å². The summed E-state index contributed by atoms with van der Waals surface area (Å²) in [6.45, 7) is 2.77. The van der Waals surface area contributed by atoms with E-state index < -0.39 is 6.09 Å². The molecule has 1 fully saturated rings. The van der Waals surface area contributed by atoms with Gasteiger partial charge in [-0.3, -0.25) is 4.79 Å². The van der Waals surface area contributed by atoms with Crippen molar-refractivity contribution in [2.45, 2.75) is 13.3 Å². The first-order valence-electron chi connectivity index (χ1n) is 3.86. The van der Waals surface area contributed by atoms with Crippen molar-refractivity contribution in [3.63, 3.8) is 0 Å². The van der Waals surface area contributed by atoms with Crippen molar-refractivity contribution < 1.29 is 14.3 Å². The van der Waals surface area contributed by atoms with Crippen molar-refractivity contribution >= 4 is 23.1 Å². The SMILES string of the molecule is CCCOC(=O)N1CCSC1=O. The van der Waals surface area contributed by atoms with Crippen LogP contribution in [-0.2, 0) is 4.74 Å². The summed E-state index contributed by atoms with van der Waals surface area (Å²) in [6, 6.07) is 0. The first kappa shape index (κ1) is 9.38. The van der Waals surface area contributed by atoms with Crippen molar-refractivity contribution in [3.8, 4) is 0 Å². The Morgan fingerprint density at radius 3 is 3.00 bits per heavy atom. The van der Waals surface area contributed by atoms with Gasteiger partial charge < -0.3 is 4.74 Å². The van der Waals surface area contributed by atoms with Crippen LogP contribution < -0.4 is 0 Å². The van der Waals surface area contributed by atoms with Crippen LogP contribution in [-0.4, -0.2) is 35.1 Å². The number of ether oxygens (including phenoxy) is 1. The minimum absolute atomic E-state index is 0.198. The zero-order chi connectivity index (χ0) is 8.97. The molecule has 0 aliphatic carbocycles. The zero-order valence-electron chi connectivity index (χ0n) is 6.91. The topological polar surface area (TPSA) is 46.6 Å². The maximum Gasteiger partial charge on any atom is 0.417 e. The molecule has 1 saturated heterocycles. The van der Waals surface area contributed by atoms with Gasteiger partial charge in [-0.15, -0.1) is 0 Å². The molecule has 12 heavy (non-hydrogen) atoms. The molecule has 0 unspecified atom stereocenters. The van der Waals surface area contributed by atoms with Crippen LogP contribution in [0, 0.1) is 0 Å². The fraction of sp³-hybridized carbons (Fsp3) is 0.714. The molecule has 1 heterocycles. The summed E-state index contributed by atoms with van der Waals surface area (Å²) < 4.78 is 4.80. The summed E-state index contributed by atoms with van der Waals surface area (Å²) in [6.07, 6.45) is 0.271. The molecule has 0 aromatic carbocycles. The summed E-state index contributed by atoms with van der Waals surface area (Å²) in [5.74, 6) is 0.681. The number of imide groups is 1. The minimum atomic E-state index is -0.508. The summed E-state index contributed by atoms with van der Waals surface area (Å²) in [4.78, 5) is 23.2. The van der Waals surface area contributed by atoms with E-state index in [1.165, 1.54) is 0 Å². The first-order chi connectivity index (χ1) is 5.75. The van der Waals surface area contributed by atoms with Gasteiger partial charge in [-0.25, -0.2) is 9.69 Å². The predicted molar refractivity (Wildman–Crippen MR) is 46.2 cm³/mol. The molecule has 0 aromatic heterocycles. The number of rotatable bonds is 2. The molecule has 0 bridgehead atoms. The molecule has 68 valence electrons. The molecule has 1 rings (SSSR count). The van der Waals surface area contributed by atoms with Crippen molar-refractivity contribution in [3.05, 3.63) is 0 Å². The number of hydrogen-bond acceptors (Lipinski definition) is 4. The van der Waals surface area contributed by atoms with Crippen LogP contribution in [0.2, 0.25) is 0 Å². The molecular weight excluding hydrogens is 178 g/mol. The number of carbonyl (C=O) groups excluding carboxylic acids is 2. The second kappa shape index (κ2) is 4.35. The third kappa shape index (κ3) is 2.14. The van der Waals surface area contributed by atoms with E-state index in [4.69, 9.17) is 4.74 Å². The molecule has 0 N–H and O–H groups in total. The van der Waals surface area contributed by atoms with Gasteiger partial charge in [0.15, 0.2) is 0 Å². The first-order valence-corrected chi connectivity index (χ1v) is 4.85.